The number of rotatable bonds is 4. The molecule has 1 aliphatic heterocycles. The average Bonchev–Trinajstić information content (AvgIpc) is 2.28. The van der Waals surface area contributed by atoms with Crippen molar-refractivity contribution in [2.75, 3.05) is 5.75 Å². The van der Waals surface area contributed by atoms with Gasteiger partial charge in [0.2, 0.25) is 0 Å². The van der Waals surface area contributed by atoms with Crippen molar-refractivity contribution in [1.29, 1.82) is 0 Å². The van der Waals surface area contributed by atoms with Gasteiger partial charge in [0.1, 0.15) is 5.78 Å². The van der Waals surface area contributed by atoms with Gasteiger partial charge in [0.05, 0.1) is 6.42 Å². The first-order valence-corrected chi connectivity index (χ1v) is 7.01. The molecule has 0 saturated carbocycles. The van der Waals surface area contributed by atoms with Crippen LogP contribution < -0.4 is 0 Å². The van der Waals surface area contributed by atoms with Crippen LogP contribution in [0.3, 0.4) is 0 Å². The molecular weight excluding hydrogens is 248 g/mol. The number of carbonyl (C=O) groups is 2. The van der Waals surface area contributed by atoms with Gasteiger partial charge in [-0.3, -0.25) is 9.59 Å². The van der Waals surface area contributed by atoms with Gasteiger partial charge in [0.15, 0.2) is 0 Å². The van der Waals surface area contributed by atoms with Gasteiger partial charge in [-0.25, -0.2) is 0 Å². The van der Waals surface area contributed by atoms with E-state index < -0.39 is 5.97 Å². The monoisotopic (exact) mass is 264 g/mol. The van der Waals surface area contributed by atoms with Crippen LogP contribution in [0, 0.1) is 0 Å². The molecule has 0 radical (unpaired) electrons. The van der Waals surface area contributed by atoms with E-state index in [1.54, 1.807) is 18.7 Å². The first-order valence-electron chi connectivity index (χ1n) is 6.03. The maximum Gasteiger partial charge on any atom is 0.303 e. The van der Waals surface area contributed by atoms with Crippen molar-refractivity contribution in [1.82, 2.24) is 0 Å². The number of carbonyl (C=O) groups excluding carboxylic acids is 1. The van der Waals surface area contributed by atoms with E-state index in [1.165, 1.54) is 4.90 Å². The number of hydrogen-bond donors (Lipinski definition) is 1. The summed E-state index contributed by atoms with van der Waals surface area (Å²) < 4.78 is 0. The number of benzene rings is 1. The number of carboxylic acid groups (broad SMARTS) is 1. The van der Waals surface area contributed by atoms with E-state index in [-0.39, 0.29) is 18.1 Å². The van der Waals surface area contributed by atoms with E-state index in [4.69, 9.17) is 5.11 Å². The second kappa shape index (κ2) is 5.57. The fourth-order valence-electron chi connectivity index (χ4n) is 2.34. The normalized spacial score (nSPS) is 18.2. The summed E-state index contributed by atoms with van der Waals surface area (Å²) in [4.78, 5) is 23.2. The number of carboxylic acids is 1. The van der Waals surface area contributed by atoms with Crippen molar-refractivity contribution in [3.8, 4) is 0 Å². The molecule has 1 heterocycles. The minimum atomic E-state index is -0.755. The van der Waals surface area contributed by atoms with Crippen molar-refractivity contribution in [3.05, 3.63) is 29.3 Å². The molecule has 0 amide bonds. The van der Waals surface area contributed by atoms with Gasteiger partial charge in [-0.15, -0.1) is 11.8 Å². The third-order valence-electron chi connectivity index (χ3n) is 3.11. The van der Waals surface area contributed by atoms with Gasteiger partial charge in [-0.05, 0) is 42.2 Å². The lowest BCUT2D eigenvalue weighted by Crippen LogP contribution is -2.12. The predicted octanol–water partition coefficient (Wildman–Crippen LogP) is 2.87. The standard InChI is InChI=1S/C14H16O3S/c1-9(15)6-10-2-3-13-12(7-10)11(4-5-18-13)8-14(16)17/h2-3,7,11H,4-6,8H2,1H3,(H,16,17). The lowest BCUT2D eigenvalue weighted by Gasteiger charge is -2.24. The van der Waals surface area contributed by atoms with Crippen LogP contribution in [0.5, 0.6) is 0 Å². The lowest BCUT2D eigenvalue weighted by atomic mass is 9.91. The number of aliphatic carboxylic acids is 1. The van der Waals surface area contributed by atoms with Gasteiger partial charge in [-0.2, -0.15) is 0 Å². The van der Waals surface area contributed by atoms with Gasteiger partial charge in [0, 0.05) is 11.3 Å². The van der Waals surface area contributed by atoms with E-state index in [0.29, 0.717) is 6.42 Å². The number of Topliss-reactive ketones (excluding diaryl/α,β-unsaturated/α-hetero) is 1. The highest BCUT2D eigenvalue weighted by Gasteiger charge is 2.23. The molecule has 1 aliphatic rings. The molecule has 18 heavy (non-hydrogen) atoms. The summed E-state index contributed by atoms with van der Waals surface area (Å²) in [7, 11) is 0. The Hall–Kier alpha value is -1.29. The summed E-state index contributed by atoms with van der Waals surface area (Å²) >= 11 is 1.77. The van der Waals surface area contributed by atoms with Crippen LogP contribution in [0.25, 0.3) is 0 Å². The molecule has 1 unspecified atom stereocenters. The third-order valence-corrected chi connectivity index (χ3v) is 4.23. The Morgan fingerprint density at radius 3 is 2.89 bits per heavy atom. The quantitative estimate of drug-likeness (QED) is 0.908. The minimum Gasteiger partial charge on any atom is -0.481 e. The second-order valence-corrected chi connectivity index (χ2v) is 5.82. The highest BCUT2D eigenvalue weighted by Crippen LogP contribution is 2.39. The van der Waals surface area contributed by atoms with Crippen LogP contribution in [0.1, 0.15) is 36.8 Å². The maximum absolute atomic E-state index is 11.1. The SMILES string of the molecule is CC(=O)Cc1ccc2c(c1)C(CC(=O)O)CCS2. The summed E-state index contributed by atoms with van der Waals surface area (Å²) in [5.74, 6) is 0.436. The molecule has 1 atom stereocenters. The van der Waals surface area contributed by atoms with Crippen molar-refractivity contribution >= 4 is 23.5 Å². The summed E-state index contributed by atoms with van der Waals surface area (Å²) in [6.45, 7) is 1.57. The zero-order valence-corrected chi connectivity index (χ0v) is 11.1. The summed E-state index contributed by atoms with van der Waals surface area (Å²) in [6, 6.07) is 6.00. The fourth-order valence-corrected chi connectivity index (χ4v) is 3.51. The Kier molecular flexibility index (Phi) is 4.07. The Balaban J connectivity index is 2.28. The molecule has 0 spiro atoms. The van der Waals surface area contributed by atoms with Crippen LogP contribution in [0.2, 0.25) is 0 Å². The zero-order chi connectivity index (χ0) is 13.1. The minimum absolute atomic E-state index is 0.0886. The van der Waals surface area contributed by atoms with Gasteiger partial charge < -0.3 is 5.11 Å². The van der Waals surface area contributed by atoms with E-state index in [1.807, 2.05) is 18.2 Å². The number of thioether (sulfide) groups is 1. The largest absolute Gasteiger partial charge is 0.481 e. The first kappa shape index (κ1) is 13.1. The molecule has 0 saturated heterocycles. The van der Waals surface area contributed by atoms with Gasteiger partial charge in [0.25, 0.3) is 0 Å². The van der Waals surface area contributed by atoms with Crippen LogP contribution in [0.15, 0.2) is 23.1 Å². The predicted molar refractivity (Wildman–Crippen MR) is 71.2 cm³/mol. The van der Waals surface area contributed by atoms with E-state index in [0.717, 1.165) is 23.3 Å². The van der Waals surface area contributed by atoms with Crippen molar-refractivity contribution in [2.24, 2.45) is 0 Å². The van der Waals surface area contributed by atoms with E-state index in [9.17, 15) is 9.59 Å². The molecule has 1 aromatic rings. The van der Waals surface area contributed by atoms with Crippen molar-refractivity contribution < 1.29 is 14.7 Å². The Bertz CT molecular complexity index is 482. The molecule has 4 heteroatoms. The molecule has 0 aliphatic carbocycles. The zero-order valence-electron chi connectivity index (χ0n) is 10.3. The highest BCUT2D eigenvalue weighted by atomic mass is 32.2. The molecular formula is C14H16O3S. The van der Waals surface area contributed by atoms with Crippen molar-refractivity contribution in [3.63, 3.8) is 0 Å². The Morgan fingerprint density at radius 1 is 1.44 bits per heavy atom. The summed E-state index contributed by atoms with van der Waals surface area (Å²) in [5, 5.41) is 8.95. The summed E-state index contributed by atoms with van der Waals surface area (Å²) in [5.41, 5.74) is 2.09. The first-order chi connectivity index (χ1) is 8.56. The molecule has 2 rings (SSSR count). The molecule has 0 aromatic heterocycles. The van der Waals surface area contributed by atoms with Crippen LogP contribution in [-0.2, 0) is 16.0 Å². The van der Waals surface area contributed by atoms with Crippen LogP contribution >= 0.6 is 11.8 Å². The second-order valence-electron chi connectivity index (χ2n) is 4.68. The number of fused-ring (bicyclic) bond motifs is 1. The van der Waals surface area contributed by atoms with Crippen molar-refractivity contribution in [2.45, 2.75) is 37.0 Å². The smallest absolute Gasteiger partial charge is 0.303 e. The summed E-state index contributed by atoms with van der Waals surface area (Å²) in [6.07, 6.45) is 1.50. The Morgan fingerprint density at radius 2 is 2.22 bits per heavy atom. The molecule has 0 bridgehead atoms. The number of ketones is 1. The maximum atomic E-state index is 11.1. The van der Waals surface area contributed by atoms with Crippen LogP contribution in [0.4, 0.5) is 0 Å². The van der Waals surface area contributed by atoms with Gasteiger partial charge >= 0.3 is 5.97 Å². The third kappa shape index (κ3) is 3.13. The topological polar surface area (TPSA) is 54.4 Å². The molecule has 1 N–H and O–H groups in total. The van der Waals surface area contributed by atoms with E-state index in [2.05, 4.69) is 0 Å². The molecule has 3 nitrogen and oxygen atoms in total. The average molecular weight is 264 g/mol. The molecule has 96 valence electrons. The lowest BCUT2D eigenvalue weighted by molar-refractivity contribution is -0.137. The highest BCUT2D eigenvalue weighted by molar-refractivity contribution is 7.99. The Labute approximate surface area is 111 Å². The number of hydrogen-bond acceptors (Lipinski definition) is 3. The van der Waals surface area contributed by atoms with E-state index >= 15 is 0 Å². The van der Waals surface area contributed by atoms with Crippen LogP contribution in [-0.4, -0.2) is 22.6 Å². The molecule has 0 fully saturated rings. The molecule has 1 aromatic carbocycles. The fraction of sp³-hybridized carbons (Fsp3) is 0.429. The van der Waals surface area contributed by atoms with Gasteiger partial charge in [-0.1, -0.05) is 12.1 Å².